The number of anilines is 2. The SMILES string of the molecule is CC(C)(C)NNc1ncnc(N)c1[N+](=O)[O-]. The highest BCUT2D eigenvalue weighted by molar-refractivity contribution is 5.66. The number of nitrogens with two attached hydrogens (primary N) is 1. The van der Waals surface area contributed by atoms with Crippen LogP contribution in [0, 0.1) is 10.1 Å². The molecule has 0 unspecified atom stereocenters. The summed E-state index contributed by atoms with van der Waals surface area (Å²) in [4.78, 5) is 17.4. The Labute approximate surface area is 92.4 Å². The first-order chi connectivity index (χ1) is 7.31. The molecule has 0 amide bonds. The van der Waals surface area contributed by atoms with Crippen LogP contribution in [-0.4, -0.2) is 20.4 Å². The minimum atomic E-state index is -0.623. The summed E-state index contributed by atoms with van der Waals surface area (Å²) in [5.74, 6) is -0.120. The first-order valence-electron chi connectivity index (χ1n) is 4.59. The Morgan fingerprint density at radius 1 is 1.44 bits per heavy atom. The molecule has 0 atom stereocenters. The summed E-state index contributed by atoms with van der Waals surface area (Å²) >= 11 is 0. The maximum atomic E-state index is 10.7. The second kappa shape index (κ2) is 4.27. The van der Waals surface area contributed by atoms with Gasteiger partial charge in [-0.2, -0.15) is 0 Å². The highest BCUT2D eigenvalue weighted by Crippen LogP contribution is 2.25. The molecule has 0 saturated carbocycles. The first-order valence-corrected chi connectivity index (χ1v) is 4.59. The number of hydrazine groups is 1. The van der Waals surface area contributed by atoms with Crippen molar-refractivity contribution in [3.8, 4) is 0 Å². The zero-order valence-electron chi connectivity index (χ0n) is 9.31. The van der Waals surface area contributed by atoms with Gasteiger partial charge in [-0.15, -0.1) is 0 Å². The van der Waals surface area contributed by atoms with E-state index < -0.39 is 4.92 Å². The topological polar surface area (TPSA) is 119 Å². The monoisotopic (exact) mass is 226 g/mol. The Morgan fingerprint density at radius 3 is 2.56 bits per heavy atom. The normalized spacial score (nSPS) is 11.2. The van der Waals surface area contributed by atoms with Crippen LogP contribution >= 0.6 is 0 Å². The van der Waals surface area contributed by atoms with Crippen molar-refractivity contribution in [1.29, 1.82) is 0 Å². The number of hydrogen-bond acceptors (Lipinski definition) is 7. The van der Waals surface area contributed by atoms with E-state index in [9.17, 15) is 10.1 Å². The molecule has 1 heterocycles. The highest BCUT2D eigenvalue weighted by atomic mass is 16.6. The van der Waals surface area contributed by atoms with Crippen LogP contribution in [0.4, 0.5) is 17.3 Å². The third-order valence-electron chi connectivity index (χ3n) is 1.59. The molecular formula is C8H14N6O2. The van der Waals surface area contributed by atoms with Crippen LogP contribution in [0.5, 0.6) is 0 Å². The fourth-order valence-corrected chi connectivity index (χ4v) is 0.911. The zero-order valence-corrected chi connectivity index (χ0v) is 9.31. The van der Waals surface area contributed by atoms with Crippen LogP contribution in [0.25, 0.3) is 0 Å². The summed E-state index contributed by atoms with van der Waals surface area (Å²) < 4.78 is 0. The molecule has 1 aromatic heterocycles. The van der Waals surface area contributed by atoms with Crippen LogP contribution in [-0.2, 0) is 0 Å². The lowest BCUT2D eigenvalue weighted by Gasteiger charge is -2.21. The van der Waals surface area contributed by atoms with Gasteiger partial charge < -0.3 is 5.73 Å². The predicted molar refractivity (Wildman–Crippen MR) is 59.6 cm³/mol. The van der Waals surface area contributed by atoms with Crippen LogP contribution < -0.4 is 16.6 Å². The van der Waals surface area contributed by atoms with E-state index in [-0.39, 0.29) is 22.9 Å². The van der Waals surface area contributed by atoms with Crippen molar-refractivity contribution in [3.05, 3.63) is 16.4 Å². The quantitative estimate of drug-likeness (QED) is 0.512. The molecule has 0 aromatic carbocycles. The Bertz CT molecular complexity index is 400. The fraction of sp³-hybridized carbons (Fsp3) is 0.500. The van der Waals surface area contributed by atoms with Crippen molar-refractivity contribution in [2.45, 2.75) is 26.3 Å². The highest BCUT2D eigenvalue weighted by Gasteiger charge is 2.21. The molecule has 8 nitrogen and oxygen atoms in total. The third-order valence-corrected chi connectivity index (χ3v) is 1.59. The second-order valence-electron chi connectivity index (χ2n) is 4.21. The van der Waals surface area contributed by atoms with Crippen molar-refractivity contribution in [1.82, 2.24) is 15.4 Å². The van der Waals surface area contributed by atoms with E-state index in [0.717, 1.165) is 6.33 Å². The van der Waals surface area contributed by atoms with Crippen LogP contribution in [0.3, 0.4) is 0 Å². The van der Waals surface area contributed by atoms with E-state index in [1.165, 1.54) is 0 Å². The van der Waals surface area contributed by atoms with Gasteiger partial charge in [-0.05, 0) is 20.8 Å². The lowest BCUT2D eigenvalue weighted by molar-refractivity contribution is -0.383. The summed E-state index contributed by atoms with van der Waals surface area (Å²) in [6.07, 6.45) is 1.16. The fourth-order valence-electron chi connectivity index (χ4n) is 0.911. The first kappa shape index (κ1) is 12.1. The van der Waals surface area contributed by atoms with Crippen molar-refractivity contribution >= 4 is 17.3 Å². The van der Waals surface area contributed by atoms with E-state index >= 15 is 0 Å². The summed E-state index contributed by atoms with van der Waals surface area (Å²) in [5, 5.41) is 10.7. The van der Waals surface area contributed by atoms with Gasteiger partial charge in [-0.1, -0.05) is 0 Å². The molecule has 88 valence electrons. The van der Waals surface area contributed by atoms with Crippen LogP contribution in [0.2, 0.25) is 0 Å². The van der Waals surface area contributed by atoms with E-state index in [4.69, 9.17) is 5.73 Å². The number of nitro groups is 1. The summed E-state index contributed by atoms with van der Waals surface area (Å²) in [5.41, 5.74) is 10.3. The molecule has 0 aliphatic carbocycles. The Morgan fingerprint density at radius 2 is 2.06 bits per heavy atom. The molecule has 0 bridgehead atoms. The molecule has 1 rings (SSSR count). The molecule has 4 N–H and O–H groups in total. The molecule has 0 fully saturated rings. The maximum absolute atomic E-state index is 10.7. The van der Waals surface area contributed by atoms with E-state index in [2.05, 4.69) is 20.8 Å². The minimum absolute atomic E-state index is 0.0485. The molecule has 0 saturated heterocycles. The van der Waals surface area contributed by atoms with Gasteiger partial charge in [0.1, 0.15) is 6.33 Å². The lowest BCUT2D eigenvalue weighted by Crippen LogP contribution is -2.40. The predicted octanol–water partition coefficient (Wildman–Crippen LogP) is 0.682. The Balaban J connectivity index is 2.96. The standard InChI is InChI=1S/C8H14N6O2/c1-8(2,3)13-12-7-5(14(15)16)6(9)10-4-11-7/h4,13H,1-3H3,(H3,9,10,11,12). The number of hydrogen-bond donors (Lipinski definition) is 3. The zero-order chi connectivity index (χ0) is 12.3. The van der Waals surface area contributed by atoms with Crippen molar-refractivity contribution < 1.29 is 4.92 Å². The minimum Gasteiger partial charge on any atom is -0.378 e. The number of rotatable bonds is 3. The molecular weight excluding hydrogens is 212 g/mol. The third kappa shape index (κ3) is 3.02. The van der Waals surface area contributed by atoms with Crippen LogP contribution in [0.15, 0.2) is 6.33 Å². The number of aromatic nitrogens is 2. The smallest absolute Gasteiger partial charge is 0.354 e. The van der Waals surface area contributed by atoms with Gasteiger partial charge in [0.15, 0.2) is 0 Å². The number of nitrogens with zero attached hydrogens (tertiary/aromatic N) is 3. The van der Waals surface area contributed by atoms with Gasteiger partial charge in [-0.3, -0.25) is 15.5 Å². The Hall–Kier alpha value is -1.96. The molecule has 0 aliphatic heterocycles. The Kier molecular flexibility index (Phi) is 3.23. The largest absolute Gasteiger partial charge is 0.378 e. The van der Waals surface area contributed by atoms with Crippen LogP contribution in [0.1, 0.15) is 20.8 Å². The average Bonchev–Trinajstić information content (AvgIpc) is 2.12. The number of nitrogen functional groups attached to an aromatic ring is 1. The van der Waals surface area contributed by atoms with Gasteiger partial charge in [0.2, 0.25) is 11.6 Å². The van der Waals surface area contributed by atoms with Gasteiger partial charge in [0.05, 0.1) is 4.92 Å². The summed E-state index contributed by atoms with van der Waals surface area (Å²) in [6, 6.07) is 0. The van der Waals surface area contributed by atoms with Crippen molar-refractivity contribution in [2.75, 3.05) is 11.2 Å². The molecule has 1 aromatic rings. The van der Waals surface area contributed by atoms with Gasteiger partial charge in [-0.25, -0.2) is 15.4 Å². The van der Waals surface area contributed by atoms with E-state index in [1.807, 2.05) is 20.8 Å². The molecule has 0 radical (unpaired) electrons. The summed E-state index contributed by atoms with van der Waals surface area (Å²) in [7, 11) is 0. The molecule has 0 spiro atoms. The maximum Gasteiger partial charge on any atom is 0.354 e. The summed E-state index contributed by atoms with van der Waals surface area (Å²) in [6.45, 7) is 5.70. The molecule has 16 heavy (non-hydrogen) atoms. The van der Waals surface area contributed by atoms with Gasteiger partial charge in [0, 0.05) is 5.54 Å². The number of nitrogens with one attached hydrogen (secondary N) is 2. The van der Waals surface area contributed by atoms with Gasteiger partial charge in [0.25, 0.3) is 0 Å². The van der Waals surface area contributed by atoms with Crippen molar-refractivity contribution in [3.63, 3.8) is 0 Å². The molecule has 8 heteroatoms. The van der Waals surface area contributed by atoms with E-state index in [1.54, 1.807) is 0 Å². The van der Waals surface area contributed by atoms with E-state index in [0.29, 0.717) is 0 Å². The van der Waals surface area contributed by atoms with Gasteiger partial charge >= 0.3 is 5.69 Å². The van der Waals surface area contributed by atoms with Crippen molar-refractivity contribution in [2.24, 2.45) is 0 Å². The lowest BCUT2D eigenvalue weighted by atomic mass is 10.1. The molecule has 0 aliphatic rings. The second-order valence-corrected chi connectivity index (χ2v) is 4.21. The average molecular weight is 226 g/mol.